The molecule has 4 aromatic carbocycles. The van der Waals surface area contributed by atoms with E-state index < -0.39 is 11.9 Å². The van der Waals surface area contributed by atoms with Gasteiger partial charge in [0.2, 0.25) is 11.3 Å². The van der Waals surface area contributed by atoms with Crippen molar-refractivity contribution in [1.82, 2.24) is 9.89 Å². The molecule has 13 heteroatoms. The normalized spacial score (nSPS) is 14.9. The Morgan fingerprint density at radius 3 is 2.04 bits per heavy atom. The maximum Gasteiger partial charge on any atom is 0.336 e. The van der Waals surface area contributed by atoms with Crippen LogP contribution in [0.15, 0.2) is 128 Å². The van der Waals surface area contributed by atoms with Gasteiger partial charge in [0.05, 0.1) is 11.6 Å². The molecule has 2 amide bonds. The van der Waals surface area contributed by atoms with Gasteiger partial charge in [-0.25, -0.2) is 9.37 Å². The Kier molecular flexibility index (Phi) is 12.8. The Balaban J connectivity index is 0.930. The minimum absolute atomic E-state index is 0.0554. The van der Waals surface area contributed by atoms with Crippen LogP contribution >= 0.6 is 12.6 Å². The third kappa shape index (κ3) is 8.81. The molecule has 0 atom stereocenters. The summed E-state index contributed by atoms with van der Waals surface area (Å²) in [5, 5.41) is 29.4. The minimum Gasteiger partial charge on any atom is -0.508 e. The van der Waals surface area contributed by atoms with Crippen molar-refractivity contribution in [1.29, 1.82) is 0 Å². The molecular weight excluding hydrogens is 877 g/mol. The van der Waals surface area contributed by atoms with Gasteiger partial charge in [0.15, 0.2) is 5.43 Å². The summed E-state index contributed by atoms with van der Waals surface area (Å²) in [4.78, 5) is 55.7. The lowest BCUT2D eigenvalue weighted by atomic mass is 9.85. The monoisotopic (exact) mass is 929 g/mol. The fourth-order valence-corrected chi connectivity index (χ4v) is 10.0. The van der Waals surface area contributed by atoms with Crippen molar-refractivity contribution in [3.05, 3.63) is 136 Å². The number of nitrogens with one attached hydrogen (secondary N) is 2. The number of nitrogens with zero attached hydrogens (tertiary/aromatic N) is 2. The highest BCUT2D eigenvalue weighted by atomic mass is 32.1. The average Bonchev–Trinajstić information content (AvgIpc) is 3.33. The Labute approximate surface area is 398 Å². The maximum absolute atomic E-state index is 13.9. The number of hydrogen-bond acceptors (Lipinski definition) is 9. The van der Waals surface area contributed by atoms with E-state index in [1.54, 1.807) is 24.3 Å². The predicted molar refractivity (Wildman–Crippen MR) is 270 cm³/mol. The summed E-state index contributed by atoms with van der Waals surface area (Å²) >= 11 is 4.95. The SMILES string of the molecule is CCN(CC)c1ccc2c(-c3cc(NC(=O)[C@H]4CC[C@H](NC(=O)c5ccc(-c6c7ccc(=O)cc-7oc7cc(O)ccc67)c(C(=O)O)c5)CC4)ccc3S)c3ccc(=[N+](CC)CC)cc-3oc2c1. The highest BCUT2D eigenvalue weighted by molar-refractivity contribution is 7.80. The molecule has 12 nitrogen and oxygen atoms in total. The highest BCUT2D eigenvalue weighted by Gasteiger charge is 2.29. The molecule has 1 saturated carbocycles. The number of rotatable bonds is 12. The Morgan fingerprint density at radius 2 is 1.35 bits per heavy atom. The van der Waals surface area contributed by atoms with Gasteiger partial charge in [0.1, 0.15) is 41.5 Å². The van der Waals surface area contributed by atoms with Crippen LogP contribution in [0.1, 0.15) is 74.1 Å². The second-order valence-electron chi connectivity index (χ2n) is 17.3. The summed E-state index contributed by atoms with van der Waals surface area (Å²) < 4.78 is 14.9. The zero-order valence-corrected chi connectivity index (χ0v) is 39.3. The minimum atomic E-state index is -1.24. The van der Waals surface area contributed by atoms with Crippen molar-refractivity contribution in [2.45, 2.75) is 64.3 Å². The molecular formula is C55H53N4O8S+. The molecule has 0 bridgehead atoms. The van der Waals surface area contributed by atoms with Gasteiger partial charge in [-0.3, -0.25) is 14.4 Å². The second-order valence-corrected chi connectivity index (χ2v) is 17.8. The van der Waals surface area contributed by atoms with E-state index in [0.29, 0.717) is 53.4 Å². The van der Waals surface area contributed by atoms with Gasteiger partial charge in [0.25, 0.3) is 5.91 Å². The zero-order valence-electron chi connectivity index (χ0n) is 38.4. The smallest absolute Gasteiger partial charge is 0.336 e. The van der Waals surface area contributed by atoms with Crippen molar-refractivity contribution < 1.29 is 33.4 Å². The molecule has 0 saturated heterocycles. The van der Waals surface area contributed by atoms with E-state index in [-0.39, 0.29) is 51.5 Å². The summed E-state index contributed by atoms with van der Waals surface area (Å²) in [6.45, 7) is 12.0. The zero-order chi connectivity index (χ0) is 47.8. The molecule has 3 aliphatic carbocycles. The van der Waals surface area contributed by atoms with Gasteiger partial charge in [-0.1, -0.05) is 6.07 Å². The first-order valence-electron chi connectivity index (χ1n) is 23.2. The number of carbonyl (C=O) groups is 3. The molecule has 9 rings (SSSR count). The number of amides is 2. The van der Waals surface area contributed by atoms with E-state index in [1.807, 2.05) is 18.2 Å². The Bertz CT molecular complexity index is 3340. The van der Waals surface area contributed by atoms with Crippen LogP contribution in [0.4, 0.5) is 11.4 Å². The summed E-state index contributed by atoms with van der Waals surface area (Å²) in [7, 11) is 0. The molecule has 0 spiro atoms. The first kappa shape index (κ1) is 45.8. The van der Waals surface area contributed by atoms with E-state index in [2.05, 4.69) is 84.2 Å². The summed E-state index contributed by atoms with van der Waals surface area (Å²) in [5.41, 5.74) is 6.62. The molecule has 1 fully saturated rings. The fourth-order valence-electron chi connectivity index (χ4n) is 9.79. The van der Waals surface area contributed by atoms with Gasteiger partial charge in [-0.2, -0.15) is 0 Å². The molecule has 346 valence electrons. The van der Waals surface area contributed by atoms with Crippen LogP contribution in [0.2, 0.25) is 0 Å². The fraction of sp³-hybridized carbons (Fsp3) is 0.255. The lowest BCUT2D eigenvalue weighted by molar-refractivity contribution is -0.120. The van der Waals surface area contributed by atoms with Crippen LogP contribution in [0.25, 0.3) is 66.8 Å². The highest BCUT2D eigenvalue weighted by Crippen LogP contribution is 2.45. The Hall–Kier alpha value is -7.38. The lowest BCUT2D eigenvalue weighted by Gasteiger charge is -2.28. The first-order chi connectivity index (χ1) is 32.9. The summed E-state index contributed by atoms with van der Waals surface area (Å²) in [6, 6.07) is 31.5. The Morgan fingerprint density at radius 1 is 0.706 bits per heavy atom. The molecule has 0 radical (unpaired) electrons. The van der Waals surface area contributed by atoms with E-state index in [4.69, 9.17) is 21.5 Å². The number of benzene rings is 6. The largest absolute Gasteiger partial charge is 0.508 e. The average molecular weight is 930 g/mol. The standard InChI is InChI=1S/C55H52N4O8S/c1-5-58(6-2)35-15-20-40-46(27-35)66-47-28-36(59(7-3)8-4)16-21-41(47)52(40)45-26-34(14-24-50(45)68)57-53(62)31-9-12-33(13-10-31)56-54(63)32-11-19-39(44(25-32)55(64)65)51-42-22-17-37(60)29-48(42)67-49-30-38(61)18-23-43(49)51/h11,14-31,33H,5-10,12-13H2,1-4H3,(H4,56,57,60,61,62,63,64,65)/p+1/t31-,33-. The number of phenols is 1. The summed E-state index contributed by atoms with van der Waals surface area (Å²) in [6.07, 6.45) is 2.22. The molecule has 0 aromatic heterocycles. The van der Waals surface area contributed by atoms with Crippen LogP contribution in [-0.4, -0.2) is 60.2 Å². The molecule has 68 heavy (non-hydrogen) atoms. The molecule has 4 aromatic rings. The third-order valence-corrected chi connectivity index (χ3v) is 13.8. The number of phenolic OH excluding ortho intramolecular Hbond substituents is 1. The van der Waals surface area contributed by atoms with Crippen molar-refractivity contribution in [3.63, 3.8) is 0 Å². The molecule has 4 N–H and O–H groups in total. The number of thiol groups is 1. The number of hydrogen-bond donors (Lipinski definition) is 5. The van der Waals surface area contributed by atoms with E-state index in [9.17, 15) is 29.4 Å². The lowest BCUT2D eigenvalue weighted by Crippen LogP contribution is -2.39. The second kappa shape index (κ2) is 19.1. The quantitative estimate of drug-likeness (QED) is 0.0456. The van der Waals surface area contributed by atoms with Crippen LogP contribution in [0, 0.1) is 5.92 Å². The van der Waals surface area contributed by atoms with Gasteiger partial charge < -0.3 is 34.6 Å². The number of fused-ring (bicyclic) bond motifs is 4. The maximum atomic E-state index is 13.9. The van der Waals surface area contributed by atoms with E-state index in [0.717, 1.165) is 75.5 Å². The van der Waals surface area contributed by atoms with Crippen molar-refractivity contribution >= 4 is 63.7 Å². The number of carboxylic acid groups (broad SMARTS) is 1. The van der Waals surface area contributed by atoms with Gasteiger partial charge in [-0.15, -0.1) is 12.6 Å². The molecule has 0 unspecified atom stereocenters. The van der Waals surface area contributed by atoms with E-state index in [1.165, 1.54) is 30.3 Å². The van der Waals surface area contributed by atoms with E-state index >= 15 is 0 Å². The van der Waals surface area contributed by atoms with Crippen LogP contribution < -0.4 is 30.9 Å². The van der Waals surface area contributed by atoms with Gasteiger partial charge >= 0.3 is 5.97 Å². The van der Waals surface area contributed by atoms with Gasteiger partial charge in [-0.05, 0) is 137 Å². The van der Waals surface area contributed by atoms with Gasteiger partial charge in [0, 0.05) is 104 Å². The number of anilines is 2. The predicted octanol–water partition coefficient (Wildman–Crippen LogP) is 10.4. The third-order valence-electron chi connectivity index (χ3n) is 13.4. The van der Waals surface area contributed by atoms with Crippen LogP contribution in [0.5, 0.6) is 5.75 Å². The van der Waals surface area contributed by atoms with Crippen LogP contribution in [-0.2, 0) is 4.79 Å². The van der Waals surface area contributed by atoms with Crippen molar-refractivity contribution in [3.8, 4) is 50.7 Å². The number of aromatic hydroxyl groups is 1. The van der Waals surface area contributed by atoms with Crippen molar-refractivity contribution in [2.75, 3.05) is 36.4 Å². The van der Waals surface area contributed by atoms with Crippen molar-refractivity contribution in [2.24, 2.45) is 5.92 Å². The first-order valence-corrected chi connectivity index (χ1v) is 23.7. The number of carboxylic acids is 1. The number of aromatic carboxylic acids is 1. The summed E-state index contributed by atoms with van der Waals surface area (Å²) in [5.74, 6) is -1.12. The number of carbonyl (C=O) groups excluding carboxylic acids is 2. The van der Waals surface area contributed by atoms with Crippen LogP contribution in [0.3, 0.4) is 0 Å². The molecule has 5 aliphatic rings. The topological polar surface area (TPSA) is 165 Å². The molecule has 2 aliphatic heterocycles. The molecule has 2 heterocycles.